The van der Waals surface area contributed by atoms with Gasteiger partial charge in [0.2, 0.25) is 0 Å². The van der Waals surface area contributed by atoms with E-state index in [-0.39, 0.29) is 9.62 Å². The quantitative estimate of drug-likeness (QED) is 0.717. The predicted molar refractivity (Wildman–Crippen MR) is 54.9 cm³/mol. The van der Waals surface area contributed by atoms with E-state index in [1.54, 1.807) is 11.8 Å². The van der Waals surface area contributed by atoms with Crippen molar-refractivity contribution in [3.8, 4) is 0 Å². The minimum Gasteiger partial charge on any atom is -0.480 e. The summed E-state index contributed by atoms with van der Waals surface area (Å²) in [6.07, 6.45) is 0.866. The summed E-state index contributed by atoms with van der Waals surface area (Å²) in [6.45, 7) is 8.09. The number of aliphatic carboxylic acids is 1. The zero-order valence-corrected chi connectivity index (χ0v) is 9.36. The molecule has 2 N–H and O–H groups in total. The van der Waals surface area contributed by atoms with Gasteiger partial charge in [-0.25, -0.2) is 0 Å². The van der Waals surface area contributed by atoms with Gasteiger partial charge in [0.25, 0.3) is 0 Å². The molecular weight excluding hydrogens is 186 g/mol. The molecule has 1 aliphatic heterocycles. The number of nitrogens with one attached hydrogen (secondary N) is 1. The van der Waals surface area contributed by atoms with Crippen molar-refractivity contribution < 1.29 is 9.90 Å². The SMILES string of the molecule is CC[C@@]1(C)SC(C)(C)N[C@H]1C(=O)O. The Morgan fingerprint density at radius 3 is 2.38 bits per heavy atom. The molecule has 4 heteroatoms. The van der Waals surface area contributed by atoms with Crippen LogP contribution in [-0.4, -0.2) is 26.7 Å². The fourth-order valence-corrected chi connectivity index (χ4v) is 3.54. The fourth-order valence-electron chi connectivity index (χ4n) is 1.77. The van der Waals surface area contributed by atoms with E-state index in [4.69, 9.17) is 5.11 Å². The van der Waals surface area contributed by atoms with E-state index in [2.05, 4.69) is 5.32 Å². The molecule has 1 saturated heterocycles. The normalized spacial score (nSPS) is 37.7. The highest BCUT2D eigenvalue weighted by Gasteiger charge is 2.50. The first-order chi connectivity index (χ1) is 5.81. The lowest BCUT2D eigenvalue weighted by Crippen LogP contribution is -2.47. The van der Waals surface area contributed by atoms with E-state index in [9.17, 15) is 4.79 Å². The monoisotopic (exact) mass is 203 g/mol. The molecule has 0 spiro atoms. The highest BCUT2D eigenvalue weighted by atomic mass is 32.2. The summed E-state index contributed by atoms with van der Waals surface area (Å²) >= 11 is 1.71. The second-order valence-electron chi connectivity index (χ2n) is 4.19. The van der Waals surface area contributed by atoms with Crippen molar-refractivity contribution in [1.29, 1.82) is 0 Å². The van der Waals surface area contributed by atoms with Gasteiger partial charge in [-0.2, -0.15) is 0 Å². The molecule has 0 aromatic rings. The first-order valence-electron chi connectivity index (χ1n) is 4.51. The van der Waals surface area contributed by atoms with E-state index in [0.717, 1.165) is 6.42 Å². The Morgan fingerprint density at radius 1 is 1.54 bits per heavy atom. The summed E-state index contributed by atoms with van der Waals surface area (Å²) in [5.41, 5.74) is 0. The van der Waals surface area contributed by atoms with Gasteiger partial charge in [-0.15, -0.1) is 11.8 Å². The second-order valence-corrected chi connectivity index (χ2v) is 6.35. The number of hydrogen-bond acceptors (Lipinski definition) is 3. The van der Waals surface area contributed by atoms with Crippen LogP contribution in [0.2, 0.25) is 0 Å². The van der Waals surface area contributed by atoms with Crippen LogP contribution in [0.1, 0.15) is 34.1 Å². The number of carboxylic acids is 1. The van der Waals surface area contributed by atoms with Gasteiger partial charge in [-0.05, 0) is 27.2 Å². The van der Waals surface area contributed by atoms with Crippen molar-refractivity contribution in [3.05, 3.63) is 0 Å². The molecule has 0 aromatic heterocycles. The Morgan fingerprint density at radius 2 is 2.08 bits per heavy atom. The third-order valence-electron chi connectivity index (χ3n) is 2.54. The molecular formula is C9H17NO2S. The topological polar surface area (TPSA) is 49.3 Å². The summed E-state index contributed by atoms with van der Waals surface area (Å²) in [7, 11) is 0. The lowest BCUT2D eigenvalue weighted by atomic mass is 9.98. The highest BCUT2D eigenvalue weighted by molar-refractivity contribution is 8.02. The maximum Gasteiger partial charge on any atom is 0.322 e. The molecule has 1 rings (SSSR count). The Hall–Kier alpha value is -0.220. The number of rotatable bonds is 2. The molecule has 1 aliphatic rings. The van der Waals surface area contributed by atoms with Gasteiger partial charge in [0.1, 0.15) is 6.04 Å². The highest BCUT2D eigenvalue weighted by Crippen LogP contribution is 2.46. The van der Waals surface area contributed by atoms with E-state index >= 15 is 0 Å². The van der Waals surface area contributed by atoms with E-state index < -0.39 is 12.0 Å². The Kier molecular flexibility index (Phi) is 2.65. The first-order valence-corrected chi connectivity index (χ1v) is 5.33. The number of hydrogen-bond donors (Lipinski definition) is 2. The largest absolute Gasteiger partial charge is 0.480 e. The van der Waals surface area contributed by atoms with Crippen LogP contribution in [0.5, 0.6) is 0 Å². The third-order valence-corrected chi connectivity index (χ3v) is 4.16. The molecule has 3 nitrogen and oxygen atoms in total. The zero-order chi connectivity index (χ0) is 10.3. The van der Waals surface area contributed by atoms with E-state index in [1.165, 1.54) is 0 Å². The van der Waals surface area contributed by atoms with E-state index in [1.807, 2.05) is 27.7 Å². The second kappa shape index (κ2) is 3.17. The molecule has 0 bridgehead atoms. The van der Waals surface area contributed by atoms with E-state index in [0.29, 0.717) is 0 Å². The molecule has 0 radical (unpaired) electrons. The summed E-state index contributed by atoms with van der Waals surface area (Å²) in [6, 6.07) is -0.433. The maximum absolute atomic E-state index is 11.0. The maximum atomic E-state index is 11.0. The molecule has 1 heterocycles. The average molecular weight is 203 g/mol. The summed E-state index contributed by atoms with van der Waals surface area (Å²) in [5, 5.41) is 12.2. The lowest BCUT2D eigenvalue weighted by molar-refractivity contribution is -0.140. The van der Waals surface area contributed by atoms with Crippen molar-refractivity contribution in [1.82, 2.24) is 5.32 Å². The van der Waals surface area contributed by atoms with Crippen LogP contribution in [0, 0.1) is 0 Å². The van der Waals surface area contributed by atoms with Crippen molar-refractivity contribution in [3.63, 3.8) is 0 Å². The minimum absolute atomic E-state index is 0.131. The standard InChI is InChI=1S/C9H17NO2S/c1-5-9(4)6(7(11)12)10-8(2,3)13-9/h6,10H,5H2,1-4H3,(H,11,12)/t6-,9+/m0/s1. The van der Waals surface area contributed by atoms with Gasteiger partial charge >= 0.3 is 5.97 Å². The van der Waals surface area contributed by atoms with Crippen LogP contribution in [0.15, 0.2) is 0 Å². The van der Waals surface area contributed by atoms with Gasteiger partial charge in [-0.3, -0.25) is 10.1 Å². The van der Waals surface area contributed by atoms with Crippen LogP contribution in [-0.2, 0) is 4.79 Å². The van der Waals surface area contributed by atoms with Crippen LogP contribution in [0.3, 0.4) is 0 Å². The Bertz CT molecular complexity index is 230. The van der Waals surface area contributed by atoms with Gasteiger partial charge in [0.15, 0.2) is 0 Å². The first kappa shape index (κ1) is 10.9. The molecule has 76 valence electrons. The summed E-state index contributed by atoms with van der Waals surface area (Å²) in [4.78, 5) is 10.9. The third kappa shape index (κ3) is 1.99. The van der Waals surface area contributed by atoms with Gasteiger partial charge in [0.05, 0.1) is 4.87 Å². The van der Waals surface area contributed by atoms with Crippen molar-refractivity contribution in [2.24, 2.45) is 0 Å². The van der Waals surface area contributed by atoms with Gasteiger partial charge in [0, 0.05) is 4.75 Å². The molecule has 0 amide bonds. The molecule has 0 aromatic carbocycles. The minimum atomic E-state index is -0.748. The van der Waals surface area contributed by atoms with Gasteiger partial charge < -0.3 is 5.11 Å². The predicted octanol–water partition coefficient (Wildman–Crippen LogP) is 1.68. The molecule has 0 aliphatic carbocycles. The molecule has 2 atom stereocenters. The fraction of sp³-hybridized carbons (Fsp3) is 0.889. The van der Waals surface area contributed by atoms with Crippen molar-refractivity contribution in [2.45, 2.75) is 49.8 Å². The number of carbonyl (C=O) groups is 1. The van der Waals surface area contributed by atoms with Crippen LogP contribution < -0.4 is 5.32 Å². The Labute approximate surface area is 83.3 Å². The van der Waals surface area contributed by atoms with Crippen molar-refractivity contribution >= 4 is 17.7 Å². The Balaban J connectivity index is 2.90. The summed E-state index contributed by atoms with van der Waals surface area (Å²) < 4.78 is -0.185. The lowest BCUT2D eigenvalue weighted by Gasteiger charge is -2.25. The molecule has 0 saturated carbocycles. The molecule has 0 unspecified atom stereocenters. The van der Waals surface area contributed by atoms with Crippen LogP contribution in [0.25, 0.3) is 0 Å². The smallest absolute Gasteiger partial charge is 0.322 e. The number of carboxylic acid groups (broad SMARTS) is 1. The van der Waals surface area contributed by atoms with Crippen LogP contribution in [0.4, 0.5) is 0 Å². The summed E-state index contributed by atoms with van der Waals surface area (Å²) in [5.74, 6) is -0.748. The zero-order valence-electron chi connectivity index (χ0n) is 8.55. The molecule has 13 heavy (non-hydrogen) atoms. The van der Waals surface area contributed by atoms with Gasteiger partial charge in [-0.1, -0.05) is 6.92 Å². The van der Waals surface area contributed by atoms with Crippen molar-refractivity contribution in [2.75, 3.05) is 0 Å². The molecule has 1 fully saturated rings. The number of thioether (sulfide) groups is 1. The van der Waals surface area contributed by atoms with Crippen LogP contribution >= 0.6 is 11.8 Å². The average Bonchev–Trinajstić information content (AvgIpc) is 2.22.